The topological polar surface area (TPSA) is 15.3 Å². The van der Waals surface area contributed by atoms with Gasteiger partial charge in [0, 0.05) is 38.5 Å². The second kappa shape index (κ2) is 13.9. The van der Waals surface area contributed by atoms with Crippen LogP contribution in [0, 0.1) is 0 Å². The van der Waals surface area contributed by atoms with Crippen molar-refractivity contribution in [3.63, 3.8) is 0 Å². The lowest BCUT2D eigenvalue weighted by atomic mass is 10.0. The first-order chi connectivity index (χ1) is 12.3. The van der Waals surface area contributed by atoms with Gasteiger partial charge in [0.1, 0.15) is 0 Å². The van der Waals surface area contributed by atoms with Crippen molar-refractivity contribution >= 4 is 11.8 Å². The van der Waals surface area contributed by atoms with Crippen LogP contribution in [0.4, 0.5) is 0 Å². The van der Waals surface area contributed by atoms with Crippen molar-refractivity contribution in [2.45, 2.75) is 26.0 Å². The van der Waals surface area contributed by atoms with Crippen LogP contribution < -0.4 is 5.32 Å². The van der Waals surface area contributed by atoms with Gasteiger partial charge >= 0.3 is 0 Å². The summed E-state index contributed by atoms with van der Waals surface area (Å²) in [6.45, 7) is 15.9. The minimum atomic E-state index is 0.309. The highest BCUT2D eigenvalue weighted by Crippen LogP contribution is 2.29. The van der Waals surface area contributed by atoms with Gasteiger partial charge in [0.2, 0.25) is 0 Å². The van der Waals surface area contributed by atoms with Gasteiger partial charge in [-0.3, -0.25) is 4.90 Å². The van der Waals surface area contributed by atoms with Crippen LogP contribution in [0.25, 0.3) is 0 Å². The van der Waals surface area contributed by atoms with Gasteiger partial charge in [-0.2, -0.15) is 0 Å². The zero-order valence-electron chi connectivity index (χ0n) is 16.1. The molecule has 0 bridgehead atoms. The second-order valence-corrected chi connectivity index (χ2v) is 7.14. The Labute approximate surface area is 159 Å². The largest absolute Gasteiger partial charge is 0.314 e. The number of hydrogen-bond acceptors (Lipinski definition) is 3. The third-order valence-electron chi connectivity index (χ3n) is 4.06. The van der Waals surface area contributed by atoms with Gasteiger partial charge in [0.05, 0.1) is 5.25 Å². The zero-order valence-corrected chi connectivity index (χ0v) is 16.9. The molecular formula is C22H34N2S. The van der Waals surface area contributed by atoms with Gasteiger partial charge in [-0.15, -0.1) is 11.8 Å². The van der Waals surface area contributed by atoms with Gasteiger partial charge in [0.25, 0.3) is 0 Å². The summed E-state index contributed by atoms with van der Waals surface area (Å²) in [5.41, 5.74) is 2.58. The lowest BCUT2D eigenvalue weighted by Gasteiger charge is -2.28. The Morgan fingerprint density at radius 2 is 1.68 bits per heavy atom. The SMILES string of the molecule is C=C/C(=C\C=C/C)C(SCCN1CCNCC1)C(/C=C\C)=C/C=C\C. The van der Waals surface area contributed by atoms with E-state index < -0.39 is 0 Å². The van der Waals surface area contributed by atoms with Gasteiger partial charge in [-0.25, -0.2) is 0 Å². The summed E-state index contributed by atoms with van der Waals surface area (Å²) in [6.07, 6.45) is 19.1. The van der Waals surface area contributed by atoms with Crippen LogP contribution in [-0.2, 0) is 0 Å². The van der Waals surface area contributed by atoms with Crippen molar-refractivity contribution in [3.05, 3.63) is 72.4 Å². The van der Waals surface area contributed by atoms with Crippen LogP contribution in [-0.4, -0.2) is 48.6 Å². The summed E-state index contributed by atoms with van der Waals surface area (Å²) < 4.78 is 0. The fourth-order valence-corrected chi connectivity index (χ4v) is 4.04. The van der Waals surface area contributed by atoms with Gasteiger partial charge in [-0.05, 0) is 31.9 Å². The molecule has 1 atom stereocenters. The smallest absolute Gasteiger partial charge is 0.0546 e. The molecule has 3 heteroatoms. The van der Waals surface area contributed by atoms with Gasteiger partial charge in [0.15, 0.2) is 0 Å². The summed E-state index contributed by atoms with van der Waals surface area (Å²) in [4.78, 5) is 2.55. The highest BCUT2D eigenvalue weighted by atomic mass is 32.2. The summed E-state index contributed by atoms with van der Waals surface area (Å²) in [5, 5.41) is 3.73. The number of hydrogen-bond donors (Lipinski definition) is 1. The quantitative estimate of drug-likeness (QED) is 0.567. The van der Waals surface area contributed by atoms with E-state index in [9.17, 15) is 0 Å². The first-order valence-corrected chi connectivity index (χ1v) is 10.3. The number of thioether (sulfide) groups is 1. The van der Waals surface area contributed by atoms with E-state index in [1.165, 1.54) is 11.1 Å². The molecule has 0 saturated carbocycles. The molecule has 1 N–H and O–H groups in total. The Morgan fingerprint density at radius 3 is 2.24 bits per heavy atom. The average molecular weight is 359 g/mol. The summed E-state index contributed by atoms with van der Waals surface area (Å²) >= 11 is 2.01. The molecule has 1 aliphatic heterocycles. The molecule has 0 spiro atoms. The Bertz CT molecular complexity index is 520. The number of rotatable bonds is 10. The van der Waals surface area contributed by atoms with Crippen LogP contribution in [0.1, 0.15) is 20.8 Å². The molecule has 2 nitrogen and oxygen atoms in total. The third-order valence-corrected chi connectivity index (χ3v) is 5.36. The molecule has 0 aromatic carbocycles. The fraction of sp³-hybridized carbons (Fsp3) is 0.455. The van der Waals surface area contributed by atoms with E-state index in [4.69, 9.17) is 0 Å². The molecule has 138 valence electrons. The maximum Gasteiger partial charge on any atom is 0.0546 e. The Kier molecular flexibility index (Phi) is 12.1. The molecule has 0 aliphatic carbocycles. The van der Waals surface area contributed by atoms with Crippen molar-refractivity contribution in [2.75, 3.05) is 38.5 Å². The Morgan fingerprint density at radius 1 is 1.04 bits per heavy atom. The molecule has 1 saturated heterocycles. The Balaban J connectivity index is 2.89. The highest BCUT2D eigenvalue weighted by Gasteiger charge is 2.17. The molecule has 1 aliphatic rings. The van der Waals surface area contributed by atoms with Crippen LogP contribution >= 0.6 is 11.8 Å². The number of nitrogens with zero attached hydrogens (tertiary/aromatic N) is 1. The minimum absolute atomic E-state index is 0.309. The second-order valence-electron chi connectivity index (χ2n) is 5.93. The average Bonchev–Trinajstić information content (AvgIpc) is 2.65. The third kappa shape index (κ3) is 8.57. The molecule has 0 aromatic heterocycles. The van der Waals surface area contributed by atoms with Gasteiger partial charge in [-0.1, -0.05) is 61.3 Å². The summed E-state index contributed by atoms with van der Waals surface area (Å²) in [6, 6.07) is 0. The fourth-order valence-electron chi connectivity index (χ4n) is 2.72. The molecular weight excluding hydrogens is 324 g/mol. The van der Waals surface area contributed by atoms with Crippen LogP contribution in [0.15, 0.2) is 72.4 Å². The first-order valence-electron chi connectivity index (χ1n) is 9.22. The van der Waals surface area contributed by atoms with Crippen molar-refractivity contribution in [1.29, 1.82) is 0 Å². The van der Waals surface area contributed by atoms with E-state index in [1.54, 1.807) is 0 Å². The van der Waals surface area contributed by atoms with Crippen molar-refractivity contribution in [2.24, 2.45) is 0 Å². The number of allylic oxidation sites excluding steroid dienone is 9. The monoisotopic (exact) mass is 358 g/mol. The Hall–Kier alpha value is -1.29. The van der Waals surface area contributed by atoms with Gasteiger partial charge < -0.3 is 5.32 Å². The molecule has 1 fully saturated rings. The number of piperazine rings is 1. The number of nitrogens with one attached hydrogen (secondary N) is 1. The van der Waals surface area contributed by atoms with Crippen molar-refractivity contribution in [3.8, 4) is 0 Å². The van der Waals surface area contributed by atoms with Crippen molar-refractivity contribution in [1.82, 2.24) is 10.2 Å². The highest BCUT2D eigenvalue weighted by molar-refractivity contribution is 8.00. The van der Waals surface area contributed by atoms with Crippen LogP contribution in [0.2, 0.25) is 0 Å². The zero-order chi connectivity index (χ0) is 18.3. The minimum Gasteiger partial charge on any atom is -0.314 e. The normalized spacial score (nSPS) is 19.3. The summed E-state index contributed by atoms with van der Waals surface area (Å²) in [5.74, 6) is 1.12. The van der Waals surface area contributed by atoms with E-state index in [0.717, 1.165) is 38.5 Å². The van der Waals surface area contributed by atoms with E-state index >= 15 is 0 Å². The lowest BCUT2D eigenvalue weighted by Crippen LogP contribution is -2.44. The van der Waals surface area contributed by atoms with Crippen molar-refractivity contribution < 1.29 is 0 Å². The van der Waals surface area contributed by atoms with E-state index in [0.29, 0.717) is 5.25 Å². The standard InChI is InChI=1S/C22H34N2S/c1-5-9-12-20(8-4)22(21(11-7-3)13-10-6-2)25-19-18-24-16-14-23-15-17-24/h5-13,22-23H,4,14-19H2,1-3H3/b9-5-,10-6-,11-7-,20-12+,21-13+. The van der Waals surface area contributed by atoms with E-state index in [-0.39, 0.29) is 0 Å². The molecule has 0 radical (unpaired) electrons. The molecule has 25 heavy (non-hydrogen) atoms. The molecule has 1 heterocycles. The first kappa shape index (κ1) is 21.8. The maximum absolute atomic E-state index is 4.05. The molecule has 1 unspecified atom stereocenters. The molecule has 0 aromatic rings. The van der Waals surface area contributed by atoms with E-state index in [1.807, 2.05) is 24.8 Å². The predicted octanol–water partition coefficient (Wildman–Crippen LogP) is 4.76. The maximum atomic E-state index is 4.05. The van der Waals surface area contributed by atoms with Crippen LogP contribution in [0.3, 0.4) is 0 Å². The predicted molar refractivity (Wildman–Crippen MR) is 116 cm³/mol. The van der Waals surface area contributed by atoms with Crippen LogP contribution in [0.5, 0.6) is 0 Å². The summed E-state index contributed by atoms with van der Waals surface area (Å²) in [7, 11) is 0. The lowest BCUT2D eigenvalue weighted by molar-refractivity contribution is 0.255. The molecule has 1 rings (SSSR count). The molecule has 0 amide bonds. The van der Waals surface area contributed by atoms with E-state index in [2.05, 4.69) is 79.3 Å².